The monoisotopic (exact) mass is 374 g/mol. The Labute approximate surface area is 132 Å². The summed E-state index contributed by atoms with van der Waals surface area (Å²) in [4.78, 5) is 11.3. The van der Waals surface area contributed by atoms with Gasteiger partial charge in [0.1, 0.15) is 5.02 Å². The van der Waals surface area contributed by atoms with Crippen LogP contribution in [0.5, 0.6) is 5.75 Å². The van der Waals surface area contributed by atoms with E-state index in [1.807, 2.05) is 0 Å². The molecule has 0 bridgehead atoms. The van der Waals surface area contributed by atoms with Crippen LogP contribution in [0.3, 0.4) is 0 Å². The minimum Gasteiger partial charge on any atom is -0.422 e. The first-order valence-electron chi connectivity index (χ1n) is 3.76. The van der Waals surface area contributed by atoms with Crippen LogP contribution in [0.4, 0.5) is 0 Å². The molecule has 1 rings (SSSR count). The fraction of sp³-hybridized carbons (Fsp3) is 0.125. The molecule has 1 aromatic carbocycles. The third-order valence-electron chi connectivity index (χ3n) is 1.50. The van der Waals surface area contributed by atoms with E-state index in [1.54, 1.807) is 0 Å². The summed E-state index contributed by atoms with van der Waals surface area (Å²) in [5.41, 5.74) is 0. The van der Waals surface area contributed by atoms with Crippen molar-refractivity contribution in [3.05, 3.63) is 26.2 Å². The van der Waals surface area contributed by atoms with Crippen molar-refractivity contribution < 1.29 is 9.53 Å². The maximum atomic E-state index is 11.3. The molecule has 9 heteroatoms. The minimum absolute atomic E-state index is 0.0343. The summed E-state index contributed by atoms with van der Waals surface area (Å²) in [7, 11) is 0. The van der Waals surface area contributed by atoms with Crippen molar-refractivity contribution >= 4 is 87.2 Å². The number of halogens is 7. The van der Waals surface area contributed by atoms with Gasteiger partial charge in [-0.1, -0.05) is 81.2 Å². The lowest BCUT2D eigenvalue weighted by Crippen LogP contribution is -2.24. The van der Waals surface area contributed by atoms with Gasteiger partial charge in [0.25, 0.3) is 3.79 Å². The maximum Gasteiger partial charge on any atom is 0.363 e. The predicted octanol–water partition coefficient (Wildman–Crippen LogP) is 5.58. The molecule has 0 saturated heterocycles. The molecule has 0 spiro atoms. The molecule has 0 unspecified atom stereocenters. The Balaban J connectivity index is 3.13. The average Bonchev–Trinajstić information content (AvgIpc) is 2.21. The van der Waals surface area contributed by atoms with Crippen LogP contribution in [-0.2, 0) is 4.79 Å². The summed E-state index contributed by atoms with van der Waals surface area (Å²) in [6.07, 6.45) is 0. The van der Waals surface area contributed by atoms with E-state index in [1.165, 1.54) is 6.07 Å². The molecular weight excluding hydrogens is 376 g/mol. The van der Waals surface area contributed by atoms with E-state index in [-0.39, 0.29) is 25.8 Å². The van der Waals surface area contributed by atoms with Crippen LogP contribution in [0, 0.1) is 0 Å². The molecule has 0 saturated carbocycles. The zero-order valence-corrected chi connectivity index (χ0v) is 12.8. The number of carbonyl (C=O) groups excluding carboxylic acids is 1. The van der Waals surface area contributed by atoms with Crippen LogP contribution in [-0.4, -0.2) is 9.76 Å². The lowest BCUT2D eigenvalue weighted by Gasteiger charge is -2.13. The Bertz CT molecular complexity index is 466. The zero-order valence-electron chi connectivity index (χ0n) is 7.54. The van der Waals surface area contributed by atoms with Crippen molar-refractivity contribution in [2.75, 3.05) is 0 Å². The van der Waals surface area contributed by atoms with Gasteiger partial charge in [-0.15, -0.1) is 0 Å². The summed E-state index contributed by atoms with van der Waals surface area (Å²) in [5, 5.41) is -0.0863. The number of benzene rings is 1. The van der Waals surface area contributed by atoms with Crippen molar-refractivity contribution in [3.8, 4) is 5.75 Å². The molecule has 0 aliphatic rings. The first kappa shape index (κ1) is 15.8. The average molecular weight is 377 g/mol. The summed E-state index contributed by atoms with van der Waals surface area (Å²) in [6, 6.07) is 1.19. The van der Waals surface area contributed by atoms with Crippen LogP contribution in [0.25, 0.3) is 0 Å². The van der Waals surface area contributed by atoms with Gasteiger partial charge < -0.3 is 4.74 Å². The molecule has 0 heterocycles. The van der Waals surface area contributed by atoms with Gasteiger partial charge in [0.05, 0.1) is 15.1 Å². The van der Waals surface area contributed by atoms with E-state index >= 15 is 0 Å². The van der Waals surface area contributed by atoms with Gasteiger partial charge in [-0.3, -0.25) is 0 Å². The standard InChI is InChI=1S/C8HCl7O2/c9-2-1-3(5(11)6(12)4(2)10)17-7(16)8(13,14)15/h1H. The van der Waals surface area contributed by atoms with E-state index in [2.05, 4.69) is 0 Å². The number of ether oxygens (including phenoxy) is 1. The van der Waals surface area contributed by atoms with Gasteiger partial charge in [-0.2, -0.15) is 0 Å². The van der Waals surface area contributed by atoms with E-state index < -0.39 is 9.76 Å². The number of rotatable bonds is 1. The number of carbonyl (C=O) groups is 1. The van der Waals surface area contributed by atoms with E-state index in [0.717, 1.165) is 0 Å². The van der Waals surface area contributed by atoms with Gasteiger partial charge in [0, 0.05) is 6.07 Å². The lowest BCUT2D eigenvalue weighted by atomic mass is 10.3. The van der Waals surface area contributed by atoms with Crippen molar-refractivity contribution in [1.82, 2.24) is 0 Å². The topological polar surface area (TPSA) is 26.3 Å². The van der Waals surface area contributed by atoms with Crippen LogP contribution in [0.2, 0.25) is 20.1 Å². The second-order valence-electron chi connectivity index (χ2n) is 2.69. The van der Waals surface area contributed by atoms with E-state index in [9.17, 15) is 4.79 Å². The Kier molecular flexibility index (Phi) is 5.37. The zero-order chi connectivity index (χ0) is 13.4. The summed E-state index contributed by atoms with van der Waals surface area (Å²) in [6.45, 7) is 0. The minimum atomic E-state index is -2.23. The molecule has 0 N–H and O–H groups in total. The fourth-order valence-electron chi connectivity index (χ4n) is 0.783. The first-order chi connectivity index (χ1) is 7.64. The molecule has 94 valence electrons. The third kappa shape index (κ3) is 3.84. The first-order valence-corrected chi connectivity index (χ1v) is 6.41. The molecule has 0 aliphatic carbocycles. The molecule has 17 heavy (non-hydrogen) atoms. The van der Waals surface area contributed by atoms with Crippen molar-refractivity contribution in [2.24, 2.45) is 0 Å². The molecule has 0 atom stereocenters. The van der Waals surface area contributed by atoms with Crippen molar-refractivity contribution in [2.45, 2.75) is 3.79 Å². The molecule has 1 aromatic rings. The van der Waals surface area contributed by atoms with E-state index in [0.29, 0.717) is 0 Å². The number of hydrogen-bond acceptors (Lipinski definition) is 2. The Hall–Kier alpha value is 0.720. The van der Waals surface area contributed by atoms with Gasteiger partial charge in [0.2, 0.25) is 0 Å². The summed E-state index contributed by atoms with van der Waals surface area (Å²) in [5.74, 6) is -1.29. The Morgan fingerprint density at radius 3 is 2.00 bits per heavy atom. The molecular formula is C8HCl7O2. The molecule has 0 radical (unpaired) electrons. The van der Waals surface area contributed by atoms with Crippen LogP contribution in [0.1, 0.15) is 0 Å². The van der Waals surface area contributed by atoms with E-state index in [4.69, 9.17) is 85.9 Å². The second-order valence-corrected chi connectivity index (χ2v) is 6.51. The molecule has 0 aliphatic heterocycles. The Morgan fingerprint density at radius 1 is 1.00 bits per heavy atom. The highest BCUT2D eigenvalue weighted by molar-refractivity contribution is 6.75. The third-order valence-corrected chi connectivity index (χ3v) is 3.70. The molecule has 0 aromatic heterocycles. The smallest absolute Gasteiger partial charge is 0.363 e. The summed E-state index contributed by atoms with van der Waals surface area (Å²) < 4.78 is 2.50. The molecule has 0 amide bonds. The fourth-order valence-corrected chi connectivity index (χ4v) is 1.72. The number of hydrogen-bond donors (Lipinski definition) is 0. The van der Waals surface area contributed by atoms with Gasteiger partial charge in [0.15, 0.2) is 5.75 Å². The second kappa shape index (κ2) is 5.79. The largest absolute Gasteiger partial charge is 0.422 e. The molecule has 0 fully saturated rings. The Morgan fingerprint density at radius 2 is 1.53 bits per heavy atom. The normalized spacial score (nSPS) is 11.5. The number of esters is 1. The summed E-state index contributed by atoms with van der Waals surface area (Å²) >= 11 is 38.9. The van der Waals surface area contributed by atoms with Gasteiger partial charge >= 0.3 is 5.97 Å². The predicted molar refractivity (Wildman–Crippen MR) is 72.4 cm³/mol. The number of alkyl halides is 3. The highest BCUT2D eigenvalue weighted by atomic mass is 35.6. The van der Waals surface area contributed by atoms with Gasteiger partial charge in [-0.25, -0.2) is 4.79 Å². The van der Waals surface area contributed by atoms with Crippen LogP contribution < -0.4 is 4.74 Å². The highest BCUT2D eigenvalue weighted by Gasteiger charge is 2.34. The van der Waals surface area contributed by atoms with Crippen LogP contribution >= 0.6 is 81.2 Å². The maximum absolute atomic E-state index is 11.3. The van der Waals surface area contributed by atoms with Gasteiger partial charge in [-0.05, 0) is 0 Å². The molecule has 2 nitrogen and oxygen atoms in total. The van der Waals surface area contributed by atoms with Crippen LogP contribution in [0.15, 0.2) is 6.07 Å². The van der Waals surface area contributed by atoms with Crippen molar-refractivity contribution in [3.63, 3.8) is 0 Å². The SMILES string of the molecule is O=C(Oc1cc(Cl)c(Cl)c(Cl)c1Cl)C(Cl)(Cl)Cl. The highest BCUT2D eigenvalue weighted by Crippen LogP contribution is 2.42. The quantitative estimate of drug-likeness (QED) is 0.210. The van der Waals surface area contributed by atoms with Crippen molar-refractivity contribution in [1.29, 1.82) is 0 Å². The lowest BCUT2D eigenvalue weighted by molar-refractivity contribution is -0.133.